The van der Waals surface area contributed by atoms with Crippen molar-refractivity contribution in [3.8, 4) is 5.75 Å². The summed E-state index contributed by atoms with van der Waals surface area (Å²) in [5.41, 5.74) is 1.79. The van der Waals surface area contributed by atoms with E-state index in [9.17, 15) is 9.59 Å². The van der Waals surface area contributed by atoms with Crippen molar-refractivity contribution in [2.24, 2.45) is 0 Å². The van der Waals surface area contributed by atoms with Gasteiger partial charge in [0, 0.05) is 6.08 Å². The number of carboxylic acid groups (broad SMARTS) is 1. The van der Waals surface area contributed by atoms with Crippen molar-refractivity contribution >= 4 is 18.0 Å². The highest BCUT2D eigenvalue weighted by atomic mass is 16.5. The number of hydrogen-bond donors (Lipinski definition) is 1. The summed E-state index contributed by atoms with van der Waals surface area (Å²) in [5, 5.41) is 8.63. The lowest BCUT2D eigenvalue weighted by molar-refractivity contribution is -0.131. The van der Waals surface area contributed by atoms with Gasteiger partial charge in [-0.2, -0.15) is 0 Å². The van der Waals surface area contributed by atoms with Crippen LogP contribution in [0.15, 0.2) is 54.6 Å². The molecule has 2 aromatic carbocycles. The van der Waals surface area contributed by atoms with Gasteiger partial charge in [0.2, 0.25) is 0 Å². The van der Waals surface area contributed by atoms with Crippen molar-refractivity contribution in [2.45, 2.75) is 6.61 Å². The average molecular weight is 312 g/mol. The zero-order chi connectivity index (χ0) is 16.7. The molecule has 23 heavy (non-hydrogen) atoms. The van der Waals surface area contributed by atoms with Crippen LogP contribution in [-0.4, -0.2) is 24.2 Å². The normalized spacial score (nSPS) is 10.5. The molecule has 0 aliphatic heterocycles. The molecule has 0 atom stereocenters. The van der Waals surface area contributed by atoms with Gasteiger partial charge in [0.05, 0.1) is 7.11 Å². The molecule has 1 N–H and O–H groups in total. The van der Waals surface area contributed by atoms with Crippen LogP contribution in [0.4, 0.5) is 0 Å². The summed E-state index contributed by atoms with van der Waals surface area (Å²) in [6.45, 7) is 0.170. The van der Waals surface area contributed by atoms with Crippen molar-refractivity contribution in [1.29, 1.82) is 0 Å². The SMILES string of the molecule is COc1cc(/C=C/C(=O)O)ccc1C(=O)OCc1ccccc1. The van der Waals surface area contributed by atoms with E-state index in [2.05, 4.69) is 0 Å². The van der Waals surface area contributed by atoms with E-state index in [0.717, 1.165) is 11.6 Å². The highest BCUT2D eigenvalue weighted by Gasteiger charge is 2.14. The van der Waals surface area contributed by atoms with E-state index in [1.54, 1.807) is 18.2 Å². The second-order valence-corrected chi connectivity index (χ2v) is 4.69. The van der Waals surface area contributed by atoms with Crippen LogP contribution < -0.4 is 4.74 Å². The van der Waals surface area contributed by atoms with Crippen LogP contribution in [0.2, 0.25) is 0 Å². The molecule has 0 saturated carbocycles. The third kappa shape index (κ3) is 4.71. The van der Waals surface area contributed by atoms with Gasteiger partial charge in [-0.05, 0) is 29.3 Å². The predicted octanol–water partition coefficient (Wildman–Crippen LogP) is 3.15. The first-order chi connectivity index (χ1) is 11.1. The summed E-state index contributed by atoms with van der Waals surface area (Å²) < 4.78 is 10.4. The molecule has 0 bridgehead atoms. The standard InChI is InChI=1S/C18H16O5/c1-22-16-11-13(8-10-17(19)20)7-9-15(16)18(21)23-12-14-5-3-2-4-6-14/h2-11H,12H2,1H3,(H,19,20)/b10-8+. The van der Waals surface area contributed by atoms with Crippen LogP contribution in [-0.2, 0) is 16.1 Å². The third-order valence-electron chi connectivity index (χ3n) is 3.08. The highest BCUT2D eigenvalue weighted by Crippen LogP contribution is 2.22. The number of carbonyl (C=O) groups excluding carboxylic acids is 1. The molecule has 0 unspecified atom stereocenters. The van der Waals surface area contributed by atoms with E-state index in [0.29, 0.717) is 11.3 Å². The molecule has 5 heteroatoms. The van der Waals surface area contributed by atoms with Gasteiger partial charge in [-0.15, -0.1) is 0 Å². The zero-order valence-corrected chi connectivity index (χ0v) is 12.6. The summed E-state index contributed by atoms with van der Waals surface area (Å²) >= 11 is 0. The number of carbonyl (C=O) groups is 2. The number of rotatable bonds is 6. The van der Waals surface area contributed by atoms with Gasteiger partial charge in [0.25, 0.3) is 0 Å². The van der Waals surface area contributed by atoms with Crippen LogP contribution in [0.3, 0.4) is 0 Å². The monoisotopic (exact) mass is 312 g/mol. The third-order valence-corrected chi connectivity index (χ3v) is 3.08. The molecule has 0 aromatic heterocycles. The van der Waals surface area contributed by atoms with E-state index in [1.165, 1.54) is 13.2 Å². The van der Waals surface area contributed by atoms with Crippen LogP contribution in [0.5, 0.6) is 5.75 Å². The molecular formula is C18H16O5. The summed E-state index contributed by atoms with van der Waals surface area (Å²) in [7, 11) is 1.44. The zero-order valence-electron chi connectivity index (χ0n) is 12.6. The maximum atomic E-state index is 12.2. The molecule has 118 valence electrons. The van der Waals surface area contributed by atoms with Crippen molar-refractivity contribution in [2.75, 3.05) is 7.11 Å². The molecule has 2 rings (SSSR count). The summed E-state index contributed by atoms with van der Waals surface area (Å²) in [6, 6.07) is 14.1. The predicted molar refractivity (Wildman–Crippen MR) is 85.2 cm³/mol. The number of ether oxygens (including phenoxy) is 2. The van der Waals surface area contributed by atoms with Gasteiger partial charge in [-0.25, -0.2) is 9.59 Å². The maximum Gasteiger partial charge on any atom is 0.342 e. The minimum absolute atomic E-state index is 0.170. The van der Waals surface area contributed by atoms with Crippen molar-refractivity contribution in [1.82, 2.24) is 0 Å². The first-order valence-corrected chi connectivity index (χ1v) is 6.90. The molecule has 0 saturated heterocycles. The van der Waals surface area contributed by atoms with Gasteiger partial charge < -0.3 is 14.6 Å². The van der Waals surface area contributed by atoms with Crippen LogP contribution in [0.25, 0.3) is 6.08 Å². The number of benzene rings is 2. The lowest BCUT2D eigenvalue weighted by Crippen LogP contribution is -2.07. The Morgan fingerprint density at radius 1 is 1.13 bits per heavy atom. The molecule has 0 heterocycles. The minimum atomic E-state index is -1.05. The van der Waals surface area contributed by atoms with E-state index in [4.69, 9.17) is 14.6 Å². The Hall–Kier alpha value is -3.08. The lowest BCUT2D eigenvalue weighted by Gasteiger charge is -2.09. The molecule has 0 amide bonds. The molecule has 2 aromatic rings. The maximum absolute atomic E-state index is 12.2. The van der Waals surface area contributed by atoms with E-state index in [1.807, 2.05) is 30.3 Å². The number of esters is 1. The smallest absolute Gasteiger partial charge is 0.342 e. The Kier molecular flexibility index (Phi) is 5.52. The van der Waals surface area contributed by atoms with Gasteiger partial charge >= 0.3 is 11.9 Å². The molecular weight excluding hydrogens is 296 g/mol. The van der Waals surface area contributed by atoms with E-state index < -0.39 is 11.9 Å². The topological polar surface area (TPSA) is 72.8 Å². The lowest BCUT2D eigenvalue weighted by atomic mass is 10.1. The molecule has 0 fully saturated rings. The summed E-state index contributed by atoms with van der Waals surface area (Å²) in [5.74, 6) is -1.22. The highest BCUT2D eigenvalue weighted by molar-refractivity contribution is 5.93. The first-order valence-electron chi connectivity index (χ1n) is 6.90. The first kappa shape index (κ1) is 16.3. The molecule has 0 radical (unpaired) electrons. The molecule has 0 aliphatic carbocycles. The number of hydrogen-bond acceptors (Lipinski definition) is 4. The molecule has 5 nitrogen and oxygen atoms in total. The van der Waals surface area contributed by atoms with Crippen molar-refractivity contribution < 1.29 is 24.2 Å². The van der Waals surface area contributed by atoms with Gasteiger partial charge in [-0.1, -0.05) is 36.4 Å². The van der Waals surface area contributed by atoms with Gasteiger partial charge in [0.15, 0.2) is 0 Å². The number of methoxy groups -OCH3 is 1. The Labute approximate surface area is 133 Å². The van der Waals surface area contributed by atoms with Crippen molar-refractivity contribution in [3.05, 3.63) is 71.3 Å². The van der Waals surface area contributed by atoms with Crippen LogP contribution in [0.1, 0.15) is 21.5 Å². The fraction of sp³-hybridized carbons (Fsp3) is 0.111. The minimum Gasteiger partial charge on any atom is -0.496 e. The molecule has 0 spiro atoms. The number of carboxylic acids is 1. The Bertz CT molecular complexity index is 719. The fourth-order valence-corrected chi connectivity index (χ4v) is 1.95. The Morgan fingerprint density at radius 2 is 1.87 bits per heavy atom. The van der Waals surface area contributed by atoms with Crippen LogP contribution in [0, 0.1) is 0 Å². The quantitative estimate of drug-likeness (QED) is 0.655. The Morgan fingerprint density at radius 3 is 2.52 bits per heavy atom. The van der Waals surface area contributed by atoms with Gasteiger partial charge in [0.1, 0.15) is 17.9 Å². The van der Waals surface area contributed by atoms with E-state index >= 15 is 0 Å². The fourth-order valence-electron chi connectivity index (χ4n) is 1.95. The average Bonchev–Trinajstić information content (AvgIpc) is 2.58. The molecule has 0 aliphatic rings. The van der Waals surface area contributed by atoms with Gasteiger partial charge in [-0.3, -0.25) is 0 Å². The summed E-state index contributed by atoms with van der Waals surface area (Å²) in [6.07, 6.45) is 2.44. The summed E-state index contributed by atoms with van der Waals surface area (Å²) in [4.78, 5) is 22.7. The Balaban J connectivity index is 2.11. The second-order valence-electron chi connectivity index (χ2n) is 4.69. The number of aliphatic carboxylic acids is 1. The van der Waals surface area contributed by atoms with E-state index in [-0.39, 0.29) is 12.2 Å². The van der Waals surface area contributed by atoms with Crippen LogP contribution >= 0.6 is 0 Å². The van der Waals surface area contributed by atoms with Crippen molar-refractivity contribution in [3.63, 3.8) is 0 Å². The second kappa shape index (κ2) is 7.79. The largest absolute Gasteiger partial charge is 0.496 e.